The highest BCUT2D eigenvalue weighted by atomic mass is 16.4. The van der Waals surface area contributed by atoms with Gasteiger partial charge >= 0.3 is 5.97 Å². The fourth-order valence-electron chi connectivity index (χ4n) is 1.82. The largest absolute Gasteiger partial charge is 0.508 e. The summed E-state index contributed by atoms with van der Waals surface area (Å²) in [5.41, 5.74) is 0.832. The summed E-state index contributed by atoms with van der Waals surface area (Å²) in [5.74, 6) is -1.01. The van der Waals surface area contributed by atoms with Crippen molar-refractivity contribution in [1.82, 2.24) is 5.32 Å². The van der Waals surface area contributed by atoms with Crippen molar-refractivity contribution in [2.75, 3.05) is 24.7 Å². The molecule has 5 nitrogen and oxygen atoms in total. The van der Waals surface area contributed by atoms with Crippen molar-refractivity contribution in [3.05, 3.63) is 24.3 Å². The molecule has 1 aliphatic heterocycles. The minimum absolute atomic E-state index is 0.190. The number of nitrogens with one attached hydrogen (secondary N) is 1. The number of hydrogen-bond acceptors (Lipinski definition) is 4. The van der Waals surface area contributed by atoms with E-state index < -0.39 is 11.9 Å². The van der Waals surface area contributed by atoms with Crippen molar-refractivity contribution in [2.45, 2.75) is 0 Å². The lowest BCUT2D eigenvalue weighted by Gasteiger charge is -2.33. The molecule has 1 unspecified atom stereocenters. The summed E-state index contributed by atoms with van der Waals surface area (Å²) in [6.07, 6.45) is 0. The van der Waals surface area contributed by atoms with Crippen LogP contribution in [0.25, 0.3) is 0 Å². The van der Waals surface area contributed by atoms with E-state index in [9.17, 15) is 9.90 Å². The summed E-state index contributed by atoms with van der Waals surface area (Å²) in [6.45, 7) is 1.56. The molecule has 0 amide bonds. The molecule has 1 aromatic rings. The summed E-state index contributed by atoms with van der Waals surface area (Å²) in [5, 5.41) is 21.3. The molecule has 3 N–H and O–H groups in total. The number of aliphatic carboxylic acids is 1. The number of carboxylic acids is 1. The molecule has 5 heteroatoms. The van der Waals surface area contributed by atoms with Gasteiger partial charge in [-0.1, -0.05) is 6.07 Å². The lowest BCUT2D eigenvalue weighted by atomic mass is 10.1. The molecule has 16 heavy (non-hydrogen) atoms. The molecule has 1 saturated heterocycles. The van der Waals surface area contributed by atoms with Crippen LogP contribution in [0.4, 0.5) is 5.69 Å². The molecule has 86 valence electrons. The molecule has 1 atom stereocenters. The molecule has 1 aliphatic rings. The normalized spacial score (nSPS) is 20.8. The zero-order valence-electron chi connectivity index (χ0n) is 8.76. The molecular weight excluding hydrogens is 208 g/mol. The summed E-state index contributed by atoms with van der Waals surface area (Å²) in [6, 6.07) is 6.82. The third-order valence-electron chi connectivity index (χ3n) is 2.68. The molecule has 1 heterocycles. The standard InChI is InChI=1S/C11H14N2O3/c14-10-3-1-2-9(4-10)13-6-8(11(15)16)5-12-7-13/h1-4,8,12,14H,5-7H2,(H,15,16). The van der Waals surface area contributed by atoms with Gasteiger partial charge in [-0.05, 0) is 12.1 Å². The lowest BCUT2D eigenvalue weighted by Crippen LogP contribution is -2.49. The molecule has 0 saturated carbocycles. The second kappa shape index (κ2) is 4.40. The SMILES string of the molecule is O=C(O)C1CNCN(c2cccc(O)c2)C1. The van der Waals surface area contributed by atoms with E-state index in [1.807, 2.05) is 11.0 Å². The highest BCUT2D eigenvalue weighted by Gasteiger charge is 2.25. The average molecular weight is 222 g/mol. The highest BCUT2D eigenvalue weighted by molar-refractivity contribution is 5.71. The van der Waals surface area contributed by atoms with Gasteiger partial charge in [0.2, 0.25) is 0 Å². The van der Waals surface area contributed by atoms with Crippen LogP contribution in [0.5, 0.6) is 5.75 Å². The van der Waals surface area contributed by atoms with Crippen molar-refractivity contribution in [3.63, 3.8) is 0 Å². The van der Waals surface area contributed by atoms with Crippen LogP contribution in [0.1, 0.15) is 0 Å². The maximum absolute atomic E-state index is 10.9. The Morgan fingerprint density at radius 3 is 3.00 bits per heavy atom. The number of carbonyl (C=O) groups is 1. The second-order valence-corrected chi connectivity index (χ2v) is 3.89. The first-order valence-electron chi connectivity index (χ1n) is 5.14. The van der Waals surface area contributed by atoms with Gasteiger partial charge in [-0.15, -0.1) is 0 Å². The number of aromatic hydroxyl groups is 1. The van der Waals surface area contributed by atoms with Gasteiger partial charge in [0.25, 0.3) is 0 Å². The second-order valence-electron chi connectivity index (χ2n) is 3.89. The first kappa shape index (κ1) is 10.8. The zero-order valence-corrected chi connectivity index (χ0v) is 8.76. The highest BCUT2D eigenvalue weighted by Crippen LogP contribution is 2.21. The van der Waals surface area contributed by atoms with Gasteiger partial charge < -0.3 is 15.1 Å². The molecule has 1 fully saturated rings. The van der Waals surface area contributed by atoms with E-state index in [0.29, 0.717) is 19.8 Å². The van der Waals surface area contributed by atoms with Gasteiger partial charge in [0, 0.05) is 24.8 Å². The van der Waals surface area contributed by atoms with E-state index in [0.717, 1.165) is 5.69 Å². The number of carboxylic acid groups (broad SMARTS) is 1. The van der Waals surface area contributed by atoms with Gasteiger partial charge in [-0.2, -0.15) is 0 Å². The van der Waals surface area contributed by atoms with Crippen molar-refractivity contribution in [1.29, 1.82) is 0 Å². The average Bonchev–Trinajstić information content (AvgIpc) is 2.29. The number of phenolic OH excluding ortho intramolecular Hbond substituents is 1. The van der Waals surface area contributed by atoms with Crippen molar-refractivity contribution >= 4 is 11.7 Å². The fraction of sp³-hybridized carbons (Fsp3) is 0.364. The number of rotatable bonds is 2. The molecule has 0 spiro atoms. The van der Waals surface area contributed by atoms with Gasteiger partial charge in [0.1, 0.15) is 5.75 Å². The molecule has 0 aromatic heterocycles. The Balaban J connectivity index is 2.12. The van der Waals surface area contributed by atoms with Crippen molar-refractivity contribution in [3.8, 4) is 5.75 Å². The van der Waals surface area contributed by atoms with Gasteiger partial charge in [0.15, 0.2) is 0 Å². The Hall–Kier alpha value is -1.75. The van der Waals surface area contributed by atoms with E-state index in [-0.39, 0.29) is 5.75 Å². The molecule has 0 aliphatic carbocycles. The van der Waals surface area contributed by atoms with Crippen molar-refractivity contribution in [2.24, 2.45) is 5.92 Å². The molecule has 1 aromatic carbocycles. The minimum atomic E-state index is -0.794. The van der Waals surface area contributed by atoms with Crippen LogP contribution in [-0.2, 0) is 4.79 Å². The van der Waals surface area contributed by atoms with Crippen molar-refractivity contribution < 1.29 is 15.0 Å². The molecule has 0 radical (unpaired) electrons. The minimum Gasteiger partial charge on any atom is -0.508 e. The Morgan fingerprint density at radius 2 is 2.31 bits per heavy atom. The summed E-state index contributed by atoms with van der Waals surface area (Å²) in [7, 11) is 0. The van der Waals surface area contributed by atoms with Crippen LogP contribution < -0.4 is 10.2 Å². The predicted molar refractivity (Wildman–Crippen MR) is 59.4 cm³/mol. The van der Waals surface area contributed by atoms with Gasteiger partial charge in [-0.3, -0.25) is 10.1 Å². The number of phenols is 1. The van der Waals surface area contributed by atoms with Gasteiger partial charge in [-0.25, -0.2) is 0 Å². The van der Waals surface area contributed by atoms with E-state index in [2.05, 4.69) is 5.32 Å². The molecule has 2 rings (SSSR count). The summed E-state index contributed by atoms with van der Waals surface area (Å²) >= 11 is 0. The maximum Gasteiger partial charge on any atom is 0.309 e. The van der Waals surface area contributed by atoms with E-state index in [1.54, 1.807) is 18.2 Å². The maximum atomic E-state index is 10.9. The Morgan fingerprint density at radius 1 is 1.50 bits per heavy atom. The van der Waals surface area contributed by atoms with Crippen LogP contribution in [0.3, 0.4) is 0 Å². The van der Waals surface area contributed by atoms with Crippen LogP contribution in [-0.4, -0.2) is 35.9 Å². The van der Waals surface area contributed by atoms with E-state index >= 15 is 0 Å². The quantitative estimate of drug-likeness (QED) is 0.678. The van der Waals surface area contributed by atoms with Gasteiger partial charge in [0.05, 0.1) is 12.6 Å². The Labute approximate surface area is 93.3 Å². The zero-order chi connectivity index (χ0) is 11.5. The molecule has 0 bridgehead atoms. The smallest absolute Gasteiger partial charge is 0.309 e. The predicted octanol–water partition coefficient (Wildman–Crippen LogP) is 0.460. The van der Waals surface area contributed by atoms with Crippen LogP contribution >= 0.6 is 0 Å². The number of nitrogens with zero attached hydrogens (tertiary/aromatic N) is 1. The topological polar surface area (TPSA) is 72.8 Å². The third kappa shape index (κ3) is 2.25. The van der Waals surface area contributed by atoms with E-state index in [1.165, 1.54) is 0 Å². The first-order chi connectivity index (χ1) is 7.66. The Bertz CT molecular complexity index is 395. The van der Waals surface area contributed by atoms with Crippen LogP contribution in [0.2, 0.25) is 0 Å². The summed E-state index contributed by atoms with van der Waals surface area (Å²) < 4.78 is 0. The Kier molecular flexibility index (Phi) is 2.96. The monoisotopic (exact) mass is 222 g/mol. The first-order valence-corrected chi connectivity index (χ1v) is 5.14. The number of anilines is 1. The number of benzene rings is 1. The summed E-state index contributed by atoms with van der Waals surface area (Å²) in [4.78, 5) is 12.8. The number of hydrogen-bond donors (Lipinski definition) is 3. The van der Waals surface area contributed by atoms with Crippen LogP contribution in [0, 0.1) is 5.92 Å². The van der Waals surface area contributed by atoms with Crippen LogP contribution in [0.15, 0.2) is 24.3 Å². The lowest BCUT2D eigenvalue weighted by molar-refractivity contribution is -0.141. The fourth-order valence-corrected chi connectivity index (χ4v) is 1.82. The third-order valence-corrected chi connectivity index (χ3v) is 2.68. The van der Waals surface area contributed by atoms with E-state index in [4.69, 9.17) is 5.11 Å². The molecular formula is C11H14N2O3.